The molecule has 8 aromatic rings. The van der Waals surface area contributed by atoms with Crippen LogP contribution in [0.2, 0.25) is 0 Å². The van der Waals surface area contributed by atoms with E-state index in [2.05, 4.69) is 209 Å². The number of hydrogen-bond donors (Lipinski definition) is 0. The number of benzene rings is 6. The molecule has 6 aromatic carbocycles. The number of rotatable bonds is 8. The van der Waals surface area contributed by atoms with Crippen LogP contribution in [0.1, 0.15) is 77.0 Å². The maximum Gasteiger partial charge on any atom is 0.135 e. The van der Waals surface area contributed by atoms with Crippen LogP contribution in [0.25, 0.3) is 38.8 Å². The van der Waals surface area contributed by atoms with E-state index in [0.717, 1.165) is 55.9 Å². The Morgan fingerprint density at radius 2 is 1.37 bits per heavy atom. The normalized spacial score (nSPS) is 13.0. The maximum absolute atomic E-state index is 6.93. The van der Waals surface area contributed by atoms with E-state index in [1.807, 2.05) is 12.3 Å². The van der Waals surface area contributed by atoms with Crippen molar-refractivity contribution < 1.29 is 25.8 Å². The zero-order chi connectivity index (χ0) is 40.1. The van der Waals surface area contributed by atoms with Crippen molar-refractivity contribution in [3.8, 4) is 28.4 Å². The molecule has 0 atom stereocenters. The Morgan fingerprint density at radius 3 is 2.10 bits per heavy atom. The molecule has 0 unspecified atom stereocenters. The van der Waals surface area contributed by atoms with Gasteiger partial charge in [-0.2, -0.15) is 6.07 Å². The van der Waals surface area contributed by atoms with Gasteiger partial charge in [-0.25, -0.2) is 11.5 Å². The zero-order valence-electron chi connectivity index (χ0n) is 34.7. The second-order valence-corrected chi connectivity index (χ2v) is 16.9. The van der Waals surface area contributed by atoms with Crippen molar-refractivity contribution in [3.05, 3.63) is 175 Å². The average molecular weight is 953 g/mol. The molecule has 0 saturated carbocycles. The SMILES string of the molecule is CC(C)c1cccc(C(C)C)c1-c1cc(Oc2[c-]c3c(cc2)c2ccccc2n3-c2cc(C(C)(C)C)ccn2)[c-]c(N2[CH-]CN(c3ccccc3)c3ccccc32)c1.[Pt]. The molecule has 0 N–H and O–H groups in total. The van der Waals surface area contributed by atoms with Crippen LogP contribution in [-0.2, 0) is 26.5 Å². The predicted molar refractivity (Wildman–Crippen MR) is 241 cm³/mol. The van der Waals surface area contributed by atoms with Crippen LogP contribution in [-0.4, -0.2) is 16.1 Å². The van der Waals surface area contributed by atoms with Crippen molar-refractivity contribution in [3.63, 3.8) is 0 Å². The van der Waals surface area contributed by atoms with Gasteiger partial charge in [0.25, 0.3) is 0 Å². The summed E-state index contributed by atoms with van der Waals surface area (Å²) in [4.78, 5) is 9.52. The summed E-state index contributed by atoms with van der Waals surface area (Å²) in [6.07, 6.45) is 1.91. The van der Waals surface area contributed by atoms with Crippen LogP contribution < -0.4 is 14.5 Å². The average Bonchev–Trinajstić information content (AvgIpc) is 3.56. The van der Waals surface area contributed by atoms with Gasteiger partial charge in [0.15, 0.2) is 0 Å². The third-order valence-electron chi connectivity index (χ3n) is 11.3. The van der Waals surface area contributed by atoms with E-state index in [-0.39, 0.29) is 26.5 Å². The molecule has 0 aliphatic carbocycles. The van der Waals surface area contributed by atoms with E-state index in [9.17, 15) is 0 Å². The number of pyridine rings is 1. The Balaban J connectivity index is 0.00000484. The molecule has 3 heterocycles. The van der Waals surface area contributed by atoms with Crippen molar-refractivity contribution in [1.82, 2.24) is 9.55 Å². The minimum Gasteiger partial charge on any atom is -0.511 e. The van der Waals surface area contributed by atoms with Gasteiger partial charge in [0.1, 0.15) is 5.82 Å². The Bertz CT molecular complexity index is 2750. The topological polar surface area (TPSA) is 33.5 Å². The van der Waals surface area contributed by atoms with E-state index in [4.69, 9.17) is 9.72 Å². The molecule has 0 saturated heterocycles. The van der Waals surface area contributed by atoms with E-state index < -0.39 is 0 Å². The standard InChI is InChI=1S/C53H49N4O.Pt/c1-35(2)43-19-15-20-44(36(3)4)52(43)37-30-40(56-29-28-55(39-16-9-8-10-17-39)48-22-13-14-23-49(48)56)33-42(31-37)58-41-24-25-46-45-18-11-12-21-47(45)57(50(46)34-41)51-32-38(26-27-54-51)53(5,6)7;/h8-27,29-32,35-36H,28H2,1-7H3;/q-3;. The first-order valence-corrected chi connectivity index (χ1v) is 20.4. The van der Waals surface area contributed by atoms with Crippen LogP contribution in [0.4, 0.5) is 22.7 Å². The van der Waals surface area contributed by atoms with Gasteiger partial charge in [0.2, 0.25) is 0 Å². The summed E-state index contributed by atoms with van der Waals surface area (Å²) in [6.45, 7) is 18.8. The van der Waals surface area contributed by atoms with Crippen molar-refractivity contribution in [1.29, 1.82) is 0 Å². The molecule has 1 aliphatic heterocycles. The van der Waals surface area contributed by atoms with Crippen LogP contribution in [0.3, 0.4) is 0 Å². The molecule has 6 heteroatoms. The van der Waals surface area contributed by atoms with Gasteiger partial charge in [0.05, 0.1) is 5.69 Å². The molecule has 59 heavy (non-hydrogen) atoms. The summed E-state index contributed by atoms with van der Waals surface area (Å²) in [6, 6.07) is 54.8. The van der Waals surface area contributed by atoms with Crippen molar-refractivity contribution in [2.24, 2.45) is 0 Å². The quantitative estimate of drug-likeness (QED) is 0.142. The third-order valence-corrected chi connectivity index (χ3v) is 11.3. The van der Waals surface area contributed by atoms with Crippen LogP contribution in [0, 0.1) is 18.7 Å². The minimum absolute atomic E-state index is 0. The number of anilines is 4. The molecule has 0 bridgehead atoms. The fraction of sp³-hybridized carbons (Fsp3) is 0.208. The first-order valence-electron chi connectivity index (χ1n) is 20.4. The molecule has 0 radical (unpaired) electrons. The fourth-order valence-electron chi connectivity index (χ4n) is 8.38. The molecular weight excluding hydrogens is 904 g/mol. The van der Waals surface area contributed by atoms with E-state index in [1.165, 1.54) is 22.3 Å². The van der Waals surface area contributed by atoms with E-state index >= 15 is 0 Å². The van der Waals surface area contributed by atoms with Crippen LogP contribution >= 0.6 is 0 Å². The Morgan fingerprint density at radius 1 is 0.678 bits per heavy atom. The Labute approximate surface area is 363 Å². The van der Waals surface area contributed by atoms with E-state index in [1.54, 1.807) is 0 Å². The summed E-state index contributed by atoms with van der Waals surface area (Å²) >= 11 is 0. The second-order valence-electron chi connectivity index (χ2n) is 16.9. The Hall–Kier alpha value is -5.64. The molecular formula is C53H49N4OPt-3. The van der Waals surface area contributed by atoms with Gasteiger partial charge in [-0.3, -0.25) is 0 Å². The maximum atomic E-state index is 6.93. The molecule has 9 rings (SSSR count). The number of hydrogen-bond acceptors (Lipinski definition) is 4. The molecule has 300 valence electrons. The molecule has 5 nitrogen and oxygen atoms in total. The minimum atomic E-state index is -0.0251. The van der Waals surface area contributed by atoms with Crippen LogP contribution in [0.15, 0.2) is 140 Å². The number of aromatic nitrogens is 2. The fourth-order valence-corrected chi connectivity index (χ4v) is 8.38. The molecule has 0 fully saturated rings. The first kappa shape index (κ1) is 40.2. The van der Waals surface area contributed by atoms with Gasteiger partial charge in [0, 0.05) is 55.7 Å². The van der Waals surface area contributed by atoms with Crippen molar-refractivity contribution in [2.75, 3.05) is 16.3 Å². The van der Waals surface area contributed by atoms with Crippen LogP contribution in [0.5, 0.6) is 11.5 Å². The molecule has 1 aliphatic rings. The summed E-state index contributed by atoms with van der Waals surface area (Å²) in [7, 11) is 0. The van der Waals surface area contributed by atoms with Gasteiger partial charge in [-0.05, 0) is 87.4 Å². The summed E-state index contributed by atoms with van der Waals surface area (Å²) in [5.74, 6) is 2.76. The van der Waals surface area contributed by atoms with Gasteiger partial charge >= 0.3 is 0 Å². The number of ether oxygens (including phenoxy) is 1. The van der Waals surface area contributed by atoms with E-state index in [0.29, 0.717) is 29.9 Å². The zero-order valence-corrected chi connectivity index (χ0v) is 37.0. The van der Waals surface area contributed by atoms with Gasteiger partial charge in [-0.15, -0.1) is 47.0 Å². The van der Waals surface area contributed by atoms with Crippen molar-refractivity contribution in [2.45, 2.75) is 65.7 Å². The molecule has 2 aromatic heterocycles. The monoisotopic (exact) mass is 952 g/mol. The number of nitrogens with zero attached hydrogens (tertiary/aromatic N) is 4. The van der Waals surface area contributed by atoms with Gasteiger partial charge in [-0.1, -0.05) is 127 Å². The van der Waals surface area contributed by atoms with Crippen molar-refractivity contribution >= 4 is 44.6 Å². The third kappa shape index (κ3) is 7.58. The largest absolute Gasteiger partial charge is 0.511 e. The van der Waals surface area contributed by atoms with Gasteiger partial charge < -0.3 is 19.1 Å². The number of para-hydroxylation sites is 4. The summed E-state index contributed by atoms with van der Waals surface area (Å²) in [5, 5.41) is 2.24. The summed E-state index contributed by atoms with van der Waals surface area (Å²) in [5.41, 5.74) is 12.5. The number of fused-ring (bicyclic) bond motifs is 4. The second kappa shape index (κ2) is 16.2. The molecule has 0 spiro atoms. The smallest absolute Gasteiger partial charge is 0.135 e. The predicted octanol–water partition coefficient (Wildman–Crippen LogP) is 14.2. The Kier molecular flexibility index (Phi) is 11.0. The summed E-state index contributed by atoms with van der Waals surface area (Å²) < 4.78 is 9.14. The first-order chi connectivity index (χ1) is 28.0. The molecule has 0 amide bonds.